The van der Waals surface area contributed by atoms with Crippen LogP contribution in [0.4, 0.5) is 0 Å². The summed E-state index contributed by atoms with van der Waals surface area (Å²) in [7, 11) is 0. The first-order chi connectivity index (χ1) is 9.33. The van der Waals surface area contributed by atoms with Crippen molar-refractivity contribution in [1.29, 1.82) is 0 Å². The van der Waals surface area contributed by atoms with Gasteiger partial charge >= 0.3 is 0 Å². The summed E-state index contributed by atoms with van der Waals surface area (Å²) in [6, 6.07) is 19.2. The molecule has 0 N–H and O–H groups in total. The summed E-state index contributed by atoms with van der Waals surface area (Å²) in [5, 5.41) is 0. The molecule has 0 aliphatic carbocycles. The molecule has 0 saturated heterocycles. The molecule has 2 nitrogen and oxygen atoms in total. The zero-order valence-electron chi connectivity index (χ0n) is 11.0. The molecule has 1 heterocycles. The summed E-state index contributed by atoms with van der Waals surface area (Å²) in [6.07, 6.45) is 3.86. The van der Waals surface area contributed by atoms with Gasteiger partial charge in [-0.15, -0.1) is 0 Å². The fraction of sp³-hybridized carbons (Fsp3) is 0.118. The molecule has 3 rings (SSSR count). The molecule has 1 aromatic heterocycles. The molecule has 0 radical (unpaired) electrons. The third-order valence-electron chi connectivity index (χ3n) is 3.34. The van der Waals surface area contributed by atoms with Gasteiger partial charge in [0.2, 0.25) is 0 Å². The highest BCUT2D eigenvalue weighted by molar-refractivity contribution is 5.63. The molecule has 0 aliphatic heterocycles. The van der Waals surface area contributed by atoms with Gasteiger partial charge in [-0.2, -0.15) is 0 Å². The van der Waals surface area contributed by atoms with E-state index >= 15 is 0 Å². The monoisotopic (exact) mass is 248 g/mol. The van der Waals surface area contributed by atoms with E-state index in [9.17, 15) is 0 Å². The van der Waals surface area contributed by atoms with Gasteiger partial charge in [0.25, 0.3) is 0 Å². The van der Waals surface area contributed by atoms with Gasteiger partial charge in [0, 0.05) is 18.9 Å². The molecule has 0 spiro atoms. The Morgan fingerprint density at radius 3 is 2.21 bits per heavy atom. The van der Waals surface area contributed by atoms with Gasteiger partial charge in [-0.1, -0.05) is 54.6 Å². The summed E-state index contributed by atoms with van der Waals surface area (Å²) in [5.74, 6) is 1.05. The fourth-order valence-corrected chi connectivity index (χ4v) is 2.20. The van der Waals surface area contributed by atoms with Crippen LogP contribution in [-0.2, 0) is 6.54 Å². The van der Waals surface area contributed by atoms with Crippen LogP contribution >= 0.6 is 0 Å². The van der Waals surface area contributed by atoms with E-state index in [1.165, 1.54) is 16.7 Å². The third-order valence-corrected chi connectivity index (χ3v) is 3.34. The second-order valence-electron chi connectivity index (χ2n) is 4.67. The molecule has 0 fully saturated rings. The lowest BCUT2D eigenvalue weighted by Crippen LogP contribution is -2.00. The van der Waals surface area contributed by atoms with Gasteiger partial charge < -0.3 is 4.57 Å². The lowest BCUT2D eigenvalue weighted by atomic mass is 10.0. The van der Waals surface area contributed by atoms with Crippen LogP contribution in [0.15, 0.2) is 67.0 Å². The van der Waals surface area contributed by atoms with Crippen molar-refractivity contribution < 1.29 is 0 Å². The highest BCUT2D eigenvalue weighted by Gasteiger charge is 2.00. The van der Waals surface area contributed by atoms with Gasteiger partial charge in [-0.05, 0) is 23.6 Å². The highest BCUT2D eigenvalue weighted by Crippen LogP contribution is 2.19. The number of aromatic nitrogens is 2. The van der Waals surface area contributed by atoms with Crippen molar-refractivity contribution in [2.24, 2.45) is 0 Å². The van der Waals surface area contributed by atoms with Gasteiger partial charge in [0.1, 0.15) is 5.82 Å². The number of hydrogen-bond donors (Lipinski definition) is 0. The molecule has 0 atom stereocenters. The molecule has 0 aliphatic rings. The number of imidazole rings is 1. The predicted octanol–water partition coefficient (Wildman–Crippen LogP) is 3.91. The number of aryl methyl sites for hydroxylation is 1. The van der Waals surface area contributed by atoms with Crippen LogP contribution in [0.25, 0.3) is 11.1 Å². The van der Waals surface area contributed by atoms with Crippen LogP contribution in [0.3, 0.4) is 0 Å². The zero-order chi connectivity index (χ0) is 13.1. The van der Waals surface area contributed by atoms with Crippen molar-refractivity contribution in [3.8, 4) is 11.1 Å². The number of rotatable bonds is 3. The fourth-order valence-electron chi connectivity index (χ4n) is 2.20. The van der Waals surface area contributed by atoms with Gasteiger partial charge in [-0.3, -0.25) is 0 Å². The van der Waals surface area contributed by atoms with E-state index in [0.29, 0.717) is 0 Å². The summed E-state index contributed by atoms with van der Waals surface area (Å²) >= 11 is 0. The van der Waals surface area contributed by atoms with Crippen molar-refractivity contribution in [2.75, 3.05) is 0 Å². The molecule has 94 valence electrons. The molecule has 0 bridgehead atoms. The largest absolute Gasteiger partial charge is 0.331 e. The molecule has 0 amide bonds. The number of hydrogen-bond acceptors (Lipinski definition) is 1. The van der Waals surface area contributed by atoms with Gasteiger partial charge in [-0.25, -0.2) is 4.98 Å². The SMILES string of the molecule is Cc1nccn1Cc1ccc(-c2ccccc2)cc1. The van der Waals surface area contributed by atoms with E-state index in [4.69, 9.17) is 0 Å². The second-order valence-corrected chi connectivity index (χ2v) is 4.67. The minimum Gasteiger partial charge on any atom is -0.331 e. The molecule has 19 heavy (non-hydrogen) atoms. The van der Waals surface area contributed by atoms with Crippen molar-refractivity contribution in [2.45, 2.75) is 13.5 Å². The molecular formula is C17H16N2. The predicted molar refractivity (Wildman–Crippen MR) is 77.9 cm³/mol. The van der Waals surface area contributed by atoms with Crippen molar-refractivity contribution in [1.82, 2.24) is 9.55 Å². The average Bonchev–Trinajstić information content (AvgIpc) is 2.86. The summed E-state index contributed by atoms with van der Waals surface area (Å²) in [4.78, 5) is 4.24. The standard InChI is InChI=1S/C17H16N2/c1-14-18-11-12-19(14)13-15-7-9-17(10-8-15)16-5-3-2-4-6-16/h2-12H,13H2,1H3. The molecule has 3 aromatic rings. The van der Waals surface area contributed by atoms with Crippen molar-refractivity contribution in [3.63, 3.8) is 0 Å². The van der Waals surface area contributed by atoms with Crippen LogP contribution in [0.1, 0.15) is 11.4 Å². The first-order valence-electron chi connectivity index (χ1n) is 6.45. The smallest absolute Gasteiger partial charge is 0.105 e. The molecule has 2 heteroatoms. The first-order valence-corrected chi connectivity index (χ1v) is 6.45. The summed E-state index contributed by atoms with van der Waals surface area (Å²) in [5.41, 5.74) is 3.81. The van der Waals surface area contributed by atoms with Gasteiger partial charge in [0.05, 0.1) is 0 Å². The lowest BCUT2D eigenvalue weighted by molar-refractivity contribution is 0.762. The minimum atomic E-state index is 0.876. The molecule has 0 saturated carbocycles. The zero-order valence-corrected chi connectivity index (χ0v) is 11.0. The Labute approximate surface area is 113 Å². The van der Waals surface area contributed by atoms with E-state index in [1.54, 1.807) is 0 Å². The van der Waals surface area contributed by atoms with Gasteiger partial charge in [0.15, 0.2) is 0 Å². The van der Waals surface area contributed by atoms with Crippen molar-refractivity contribution in [3.05, 3.63) is 78.4 Å². The van der Waals surface area contributed by atoms with Crippen LogP contribution in [-0.4, -0.2) is 9.55 Å². The molecule has 0 unspecified atom stereocenters. The maximum Gasteiger partial charge on any atom is 0.105 e. The van der Waals surface area contributed by atoms with Crippen LogP contribution < -0.4 is 0 Å². The third kappa shape index (κ3) is 2.58. The van der Waals surface area contributed by atoms with E-state index in [-0.39, 0.29) is 0 Å². The van der Waals surface area contributed by atoms with Crippen LogP contribution in [0.5, 0.6) is 0 Å². The summed E-state index contributed by atoms with van der Waals surface area (Å²) < 4.78 is 2.15. The van der Waals surface area contributed by atoms with E-state index in [2.05, 4.69) is 58.1 Å². The molecular weight excluding hydrogens is 232 g/mol. The minimum absolute atomic E-state index is 0.876. The topological polar surface area (TPSA) is 17.8 Å². The van der Waals surface area contributed by atoms with Crippen molar-refractivity contribution >= 4 is 0 Å². The number of nitrogens with zero attached hydrogens (tertiary/aromatic N) is 2. The number of benzene rings is 2. The Kier molecular flexibility index (Phi) is 3.15. The lowest BCUT2D eigenvalue weighted by Gasteiger charge is -2.07. The average molecular weight is 248 g/mol. The first kappa shape index (κ1) is 11.7. The van der Waals surface area contributed by atoms with E-state index in [1.807, 2.05) is 25.4 Å². The quantitative estimate of drug-likeness (QED) is 0.687. The Balaban J connectivity index is 1.82. The second kappa shape index (κ2) is 5.11. The maximum absolute atomic E-state index is 4.24. The Morgan fingerprint density at radius 1 is 0.895 bits per heavy atom. The molecule has 2 aromatic carbocycles. The Hall–Kier alpha value is -2.35. The summed E-state index contributed by atoms with van der Waals surface area (Å²) in [6.45, 7) is 2.90. The Morgan fingerprint density at radius 2 is 1.58 bits per heavy atom. The van der Waals surface area contributed by atoms with E-state index in [0.717, 1.165) is 12.4 Å². The van der Waals surface area contributed by atoms with Crippen LogP contribution in [0, 0.1) is 6.92 Å². The highest BCUT2D eigenvalue weighted by atomic mass is 15.0. The van der Waals surface area contributed by atoms with Crippen LogP contribution in [0.2, 0.25) is 0 Å². The normalized spacial score (nSPS) is 10.6. The Bertz CT molecular complexity index is 651. The van der Waals surface area contributed by atoms with E-state index < -0.39 is 0 Å². The maximum atomic E-state index is 4.24.